The number of ether oxygens (including phenoxy) is 4. The lowest BCUT2D eigenvalue weighted by Gasteiger charge is -2.22. The summed E-state index contributed by atoms with van der Waals surface area (Å²) in [6.07, 6.45) is -0.643. The van der Waals surface area contributed by atoms with Crippen LogP contribution in [0, 0.1) is 0 Å². The van der Waals surface area contributed by atoms with Gasteiger partial charge in [0.1, 0.15) is 18.2 Å². The van der Waals surface area contributed by atoms with E-state index in [1.165, 1.54) is 7.11 Å². The van der Waals surface area contributed by atoms with Crippen LogP contribution in [0.4, 0.5) is 4.79 Å². The highest BCUT2D eigenvalue weighted by Gasteiger charge is 2.25. The number of carbonyl (C=O) groups excluding carboxylic acids is 3. The van der Waals surface area contributed by atoms with Gasteiger partial charge in [0.2, 0.25) is 0 Å². The zero-order valence-corrected chi connectivity index (χ0v) is 18.0. The van der Waals surface area contributed by atoms with Crippen LogP contribution in [0.25, 0.3) is 0 Å². The lowest BCUT2D eigenvalue weighted by molar-refractivity contribution is -0.143. The molecule has 0 aromatic heterocycles. The van der Waals surface area contributed by atoms with Crippen LogP contribution in [0.15, 0.2) is 48.5 Å². The summed E-state index contributed by atoms with van der Waals surface area (Å²) in [5.74, 6) is -0.0631. The molecule has 1 N–H and O–H groups in total. The summed E-state index contributed by atoms with van der Waals surface area (Å²) in [7, 11) is 1.23. The van der Waals surface area contributed by atoms with Gasteiger partial charge in [0.05, 0.1) is 7.11 Å². The Kier molecular flexibility index (Phi) is 8.43. The van der Waals surface area contributed by atoms with E-state index in [9.17, 15) is 14.4 Å². The van der Waals surface area contributed by atoms with Crippen LogP contribution < -0.4 is 14.8 Å². The molecule has 2 aromatic carbocycles. The molecule has 0 spiro atoms. The molecule has 0 saturated carbocycles. The fraction of sp³-hybridized carbons (Fsp3) is 0.348. The molecule has 2 aromatic rings. The fourth-order valence-electron chi connectivity index (χ4n) is 2.70. The topological polar surface area (TPSA) is 100 Å². The predicted molar refractivity (Wildman–Crippen MR) is 113 cm³/mol. The maximum absolute atomic E-state index is 12.1. The van der Waals surface area contributed by atoms with Gasteiger partial charge in [-0.15, -0.1) is 0 Å². The summed E-state index contributed by atoms with van der Waals surface area (Å²) in [5.41, 5.74) is 0.860. The Morgan fingerprint density at radius 2 is 1.74 bits per heavy atom. The number of rotatable bonds is 9. The molecular formula is C23H27NO7. The first-order valence-corrected chi connectivity index (χ1v) is 9.69. The zero-order valence-electron chi connectivity index (χ0n) is 18.0. The first-order chi connectivity index (χ1) is 14.7. The number of alkyl carbamates (subject to hydrolysis) is 1. The molecule has 0 unspecified atom stereocenters. The van der Waals surface area contributed by atoms with Crippen LogP contribution in [-0.4, -0.2) is 37.3 Å². The van der Waals surface area contributed by atoms with E-state index >= 15 is 0 Å². The smallest absolute Gasteiger partial charge is 0.408 e. The molecule has 0 aliphatic heterocycles. The van der Waals surface area contributed by atoms with Crippen molar-refractivity contribution in [2.45, 2.75) is 45.4 Å². The average molecular weight is 429 g/mol. The molecule has 8 nitrogen and oxygen atoms in total. The molecule has 0 aliphatic carbocycles. The summed E-state index contributed by atoms with van der Waals surface area (Å²) in [6, 6.07) is 13.5. The van der Waals surface area contributed by atoms with Gasteiger partial charge in [-0.2, -0.15) is 0 Å². The first kappa shape index (κ1) is 23.7. The van der Waals surface area contributed by atoms with Gasteiger partial charge in [-0.25, -0.2) is 9.59 Å². The summed E-state index contributed by atoms with van der Waals surface area (Å²) in [5, 5.41) is 2.51. The van der Waals surface area contributed by atoms with E-state index in [1.54, 1.807) is 39.0 Å². The van der Waals surface area contributed by atoms with E-state index in [-0.39, 0.29) is 12.2 Å². The molecule has 31 heavy (non-hydrogen) atoms. The van der Waals surface area contributed by atoms with Crippen LogP contribution in [0.2, 0.25) is 0 Å². The van der Waals surface area contributed by atoms with Crippen molar-refractivity contribution in [1.29, 1.82) is 0 Å². The summed E-state index contributed by atoms with van der Waals surface area (Å²) in [6.45, 7) is 5.75. The molecular weight excluding hydrogens is 402 g/mol. The number of hydrogen-bond donors (Lipinski definition) is 1. The number of carbonyl (C=O) groups is 3. The van der Waals surface area contributed by atoms with Gasteiger partial charge in [0.25, 0.3) is 6.47 Å². The third-order valence-electron chi connectivity index (χ3n) is 4.04. The Balaban J connectivity index is 2.15. The molecule has 2 rings (SSSR count). The van der Waals surface area contributed by atoms with Crippen LogP contribution in [0.1, 0.15) is 31.9 Å². The minimum atomic E-state index is -0.986. The van der Waals surface area contributed by atoms with Crippen LogP contribution in [-0.2, 0) is 32.1 Å². The van der Waals surface area contributed by atoms with Crippen LogP contribution >= 0.6 is 0 Å². The summed E-state index contributed by atoms with van der Waals surface area (Å²) < 4.78 is 20.8. The molecule has 0 fully saturated rings. The molecule has 1 atom stereocenters. The van der Waals surface area contributed by atoms with Crippen molar-refractivity contribution >= 4 is 18.5 Å². The Morgan fingerprint density at radius 1 is 1.03 bits per heavy atom. The van der Waals surface area contributed by atoms with Crippen molar-refractivity contribution in [3.63, 3.8) is 0 Å². The van der Waals surface area contributed by atoms with E-state index in [4.69, 9.17) is 18.9 Å². The predicted octanol–water partition coefficient (Wildman–Crippen LogP) is 3.41. The Bertz CT molecular complexity index is 891. The summed E-state index contributed by atoms with van der Waals surface area (Å²) in [4.78, 5) is 35.2. The quantitative estimate of drug-likeness (QED) is 0.482. The van der Waals surface area contributed by atoms with Gasteiger partial charge in [0.15, 0.2) is 11.5 Å². The number of nitrogens with one attached hydrogen (secondary N) is 1. The number of esters is 1. The minimum Gasteiger partial charge on any atom is -0.485 e. The molecule has 8 heteroatoms. The molecule has 0 saturated heterocycles. The van der Waals surface area contributed by atoms with Gasteiger partial charge in [-0.1, -0.05) is 36.4 Å². The standard InChI is InChI=1S/C23H27NO7/c1-23(2,3)31-22(27)24-18(21(26)28-4)12-17-10-11-19(20(13-17)30-15-25)29-14-16-8-6-5-7-9-16/h5-11,13,15,18H,12,14H2,1-4H3,(H,24,27)/t18-/m0/s1. The van der Waals surface area contributed by atoms with E-state index in [2.05, 4.69) is 5.32 Å². The van der Waals surface area contributed by atoms with Gasteiger partial charge in [-0.3, -0.25) is 4.79 Å². The normalized spacial score (nSPS) is 11.7. The third kappa shape index (κ3) is 8.00. The second kappa shape index (κ2) is 11.0. The Labute approximate surface area is 181 Å². The van der Waals surface area contributed by atoms with Crippen molar-refractivity contribution < 1.29 is 33.3 Å². The lowest BCUT2D eigenvalue weighted by atomic mass is 10.1. The zero-order chi connectivity index (χ0) is 22.9. The maximum Gasteiger partial charge on any atom is 0.408 e. The third-order valence-corrected chi connectivity index (χ3v) is 4.04. The second-order valence-electron chi connectivity index (χ2n) is 7.70. The number of amides is 1. The molecule has 0 aliphatic rings. The van der Waals surface area contributed by atoms with Gasteiger partial charge >= 0.3 is 12.1 Å². The molecule has 0 radical (unpaired) electrons. The fourth-order valence-corrected chi connectivity index (χ4v) is 2.70. The molecule has 0 bridgehead atoms. The van der Waals surface area contributed by atoms with Crippen molar-refractivity contribution in [2.24, 2.45) is 0 Å². The van der Waals surface area contributed by atoms with Crippen LogP contribution in [0.3, 0.4) is 0 Å². The largest absolute Gasteiger partial charge is 0.485 e. The summed E-state index contributed by atoms with van der Waals surface area (Å²) >= 11 is 0. The van der Waals surface area contributed by atoms with E-state index < -0.39 is 23.7 Å². The highest BCUT2D eigenvalue weighted by atomic mass is 16.6. The van der Waals surface area contributed by atoms with Crippen molar-refractivity contribution in [3.05, 3.63) is 59.7 Å². The minimum absolute atomic E-state index is 0.0973. The Hall–Kier alpha value is -3.55. The van der Waals surface area contributed by atoms with Crippen LogP contribution in [0.5, 0.6) is 11.5 Å². The lowest BCUT2D eigenvalue weighted by Crippen LogP contribution is -2.45. The van der Waals surface area contributed by atoms with Gasteiger partial charge in [-0.05, 0) is 44.0 Å². The molecule has 0 heterocycles. The highest BCUT2D eigenvalue weighted by Crippen LogP contribution is 2.29. The van der Waals surface area contributed by atoms with Gasteiger partial charge < -0.3 is 24.3 Å². The monoisotopic (exact) mass is 429 g/mol. The van der Waals surface area contributed by atoms with Crippen molar-refractivity contribution in [2.75, 3.05) is 7.11 Å². The molecule has 166 valence electrons. The van der Waals surface area contributed by atoms with Gasteiger partial charge in [0, 0.05) is 6.42 Å². The second-order valence-corrected chi connectivity index (χ2v) is 7.70. The number of methoxy groups -OCH3 is 1. The maximum atomic E-state index is 12.1. The molecule has 1 amide bonds. The van der Waals surface area contributed by atoms with E-state index in [1.807, 2.05) is 30.3 Å². The number of hydrogen-bond acceptors (Lipinski definition) is 7. The SMILES string of the molecule is COC(=O)[C@H](Cc1ccc(OCc2ccccc2)c(OC=O)c1)NC(=O)OC(C)(C)C. The number of benzene rings is 2. The van der Waals surface area contributed by atoms with E-state index in [0.717, 1.165) is 5.56 Å². The highest BCUT2D eigenvalue weighted by molar-refractivity contribution is 5.81. The Morgan fingerprint density at radius 3 is 2.35 bits per heavy atom. The van der Waals surface area contributed by atoms with Crippen molar-refractivity contribution in [3.8, 4) is 11.5 Å². The average Bonchev–Trinajstić information content (AvgIpc) is 2.71. The van der Waals surface area contributed by atoms with E-state index in [0.29, 0.717) is 24.4 Å². The van der Waals surface area contributed by atoms with Crippen molar-refractivity contribution in [1.82, 2.24) is 5.32 Å². The first-order valence-electron chi connectivity index (χ1n) is 9.69.